The first-order valence-electron chi connectivity index (χ1n) is 8.72. The van der Waals surface area contributed by atoms with Gasteiger partial charge in [-0.2, -0.15) is 11.8 Å². The summed E-state index contributed by atoms with van der Waals surface area (Å²) in [4.78, 5) is 9.88. The maximum atomic E-state index is 5.64. The first-order valence-corrected chi connectivity index (χ1v) is 9.88. The van der Waals surface area contributed by atoms with Gasteiger partial charge in [0.15, 0.2) is 5.96 Å². The topological polar surface area (TPSA) is 40.1 Å². The van der Waals surface area contributed by atoms with Gasteiger partial charge in [-0.1, -0.05) is 0 Å². The molecule has 1 spiro atoms. The number of thioether (sulfide) groups is 1. The lowest BCUT2D eigenvalue weighted by Crippen LogP contribution is -2.42. The largest absolute Gasteiger partial charge is 0.381 e. The smallest absolute Gasteiger partial charge is 0.193 e. The summed E-state index contributed by atoms with van der Waals surface area (Å²) in [5.74, 6) is 3.66. The predicted molar refractivity (Wildman–Crippen MR) is 93.8 cm³/mol. The molecule has 22 heavy (non-hydrogen) atoms. The van der Waals surface area contributed by atoms with Crippen molar-refractivity contribution in [2.24, 2.45) is 10.4 Å². The van der Waals surface area contributed by atoms with E-state index in [4.69, 9.17) is 9.73 Å². The van der Waals surface area contributed by atoms with Crippen LogP contribution < -0.4 is 5.32 Å². The lowest BCUT2D eigenvalue weighted by molar-refractivity contribution is 0.156. The molecule has 0 radical (unpaired) electrons. The van der Waals surface area contributed by atoms with Crippen molar-refractivity contribution < 1.29 is 4.74 Å². The highest BCUT2D eigenvalue weighted by Crippen LogP contribution is 2.38. The van der Waals surface area contributed by atoms with Crippen LogP contribution in [0.1, 0.15) is 19.8 Å². The summed E-state index contributed by atoms with van der Waals surface area (Å²) in [6.45, 7) is 11.7. The van der Waals surface area contributed by atoms with Crippen molar-refractivity contribution in [3.8, 4) is 0 Å². The van der Waals surface area contributed by atoms with Crippen molar-refractivity contribution in [1.29, 1.82) is 0 Å². The molecule has 0 aromatic heterocycles. The van der Waals surface area contributed by atoms with Crippen molar-refractivity contribution in [3.63, 3.8) is 0 Å². The molecule has 0 aromatic rings. The number of ether oxygens (including phenoxy) is 1. The molecule has 0 bridgehead atoms. The summed E-state index contributed by atoms with van der Waals surface area (Å²) in [6, 6.07) is 0. The predicted octanol–water partition coefficient (Wildman–Crippen LogP) is 1.11. The van der Waals surface area contributed by atoms with Gasteiger partial charge in [0.25, 0.3) is 0 Å². The number of aliphatic imine (C=N–C) groups is 1. The Morgan fingerprint density at radius 1 is 1.27 bits per heavy atom. The minimum absolute atomic E-state index is 0.403. The van der Waals surface area contributed by atoms with Crippen LogP contribution in [0.3, 0.4) is 0 Å². The normalized spacial score (nSPS) is 30.4. The Kier molecular flexibility index (Phi) is 5.88. The fourth-order valence-electron chi connectivity index (χ4n) is 3.64. The molecule has 3 rings (SSSR count). The summed E-state index contributed by atoms with van der Waals surface area (Å²) >= 11 is 2.07. The van der Waals surface area contributed by atoms with Gasteiger partial charge in [-0.15, -0.1) is 0 Å². The van der Waals surface area contributed by atoms with Crippen LogP contribution in [-0.2, 0) is 4.74 Å². The van der Waals surface area contributed by atoms with Gasteiger partial charge in [-0.05, 0) is 19.8 Å². The zero-order valence-electron chi connectivity index (χ0n) is 13.9. The zero-order chi connectivity index (χ0) is 15.3. The van der Waals surface area contributed by atoms with Crippen LogP contribution in [-0.4, -0.2) is 86.3 Å². The van der Waals surface area contributed by atoms with Crippen molar-refractivity contribution in [1.82, 2.24) is 15.1 Å². The second-order valence-corrected chi connectivity index (χ2v) is 7.89. The first kappa shape index (κ1) is 16.4. The van der Waals surface area contributed by atoms with Crippen LogP contribution in [0.4, 0.5) is 0 Å². The van der Waals surface area contributed by atoms with E-state index < -0.39 is 0 Å². The number of guanidine groups is 1. The van der Waals surface area contributed by atoms with E-state index in [0.29, 0.717) is 5.41 Å². The fourth-order valence-corrected chi connectivity index (χ4v) is 4.61. The average Bonchev–Trinajstić information content (AvgIpc) is 3.18. The highest BCUT2D eigenvalue weighted by molar-refractivity contribution is 7.99. The van der Waals surface area contributed by atoms with E-state index in [2.05, 4.69) is 33.8 Å². The van der Waals surface area contributed by atoms with Gasteiger partial charge in [0.05, 0.1) is 13.2 Å². The number of rotatable bonds is 4. The Labute approximate surface area is 138 Å². The summed E-state index contributed by atoms with van der Waals surface area (Å²) in [7, 11) is 0. The molecule has 0 amide bonds. The van der Waals surface area contributed by atoms with Crippen molar-refractivity contribution in [2.45, 2.75) is 19.8 Å². The van der Waals surface area contributed by atoms with E-state index in [-0.39, 0.29) is 0 Å². The van der Waals surface area contributed by atoms with Gasteiger partial charge >= 0.3 is 0 Å². The lowest BCUT2D eigenvalue weighted by Gasteiger charge is -2.27. The van der Waals surface area contributed by atoms with Crippen LogP contribution in [0.25, 0.3) is 0 Å². The summed E-state index contributed by atoms with van der Waals surface area (Å²) in [6.07, 6.45) is 2.47. The molecule has 1 N–H and O–H groups in total. The third kappa shape index (κ3) is 4.09. The fraction of sp³-hybridized carbons (Fsp3) is 0.938. The van der Waals surface area contributed by atoms with E-state index in [9.17, 15) is 0 Å². The monoisotopic (exact) mass is 326 g/mol. The molecule has 5 nitrogen and oxygen atoms in total. The van der Waals surface area contributed by atoms with Crippen LogP contribution in [0.2, 0.25) is 0 Å². The molecule has 3 aliphatic heterocycles. The molecule has 6 heteroatoms. The number of hydrogen-bond donors (Lipinski definition) is 1. The zero-order valence-corrected chi connectivity index (χ0v) is 14.7. The summed E-state index contributed by atoms with van der Waals surface area (Å²) in [5, 5.41) is 3.48. The highest BCUT2D eigenvalue weighted by Gasteiger charge is 2.42. The van der Waals surface area contributed by atoms with Gasteiger partial charge < -0.3 is 15.0 Å². The molecule has 3 heterocycles. The number of nitrogens with one attached hydrogen (secondary N) is 1. The molecule has 0 saturated carbocycles. The molecule has 0 aliphatic carbocycles. The van der Waals surface area contributed by atoms with Crippen molar-refractivity contribution in [3.05, 3.63) is 0 Å². The van der Waals surface area contributed by atoms with Gasteiger partial charge in [0.1, 0.15) is 0 Å². The van der Waals surface area contributed by atoms with Gasteiger partial charge in [0.2, 0.25) is 0 Å². The van der Waals surface area contributed by atoms with Crippen LogP contribution >= 0.6 is 11.8 Å². The van der Waals surface area contributed by atoms with E-state index in [1.54, 1.807) is 0 Å². The molecular formula is C16H30N4OS. The Balaban J connectivity index is 1.51. The van der Waals surface area contributed by atoms with E-state index in [0.717, 1.165) is 51.9 Å². The van der Waals surface area contributed by atoms with E-state index in [1.807, 2.05) is 0 Å². The Hall–Kier alpha value is -0.460. The Bertz CT molecular complexity index is 378. The van der Waals surface area contributed by atoms with Gasteiger partial charge in [0, 0.05) is 62.8 Å². The molecule has 126 valence electrons. The average molecular weight is 327 g/mol. The third-order valence-electron chi connectivity index (χ3n) is 5.04. The van der Waals surface area contributed by atoms with Crippen LogP contribution in [0.5, 0.6) is 0 Å². The molecule has 1 unspecified atom stereocenters. The van der Waals surface area contributed by atoms with Crippen LogP contribution in [0.15, 0.2) is 4.99 Å². The maximum absolute atomic E-state index is 5.64. The van der Waals surface area contributed by atoms with Crippen molar-refractivity contribution in [2.75, 3.05) is 70.5 Å². The lowest BCUT2D eigenvalue weighted by atomic mass is 9.87. The third-order valence-corrected chi connectivity index (χ3v) is 5.98. The minimum Gasteiger partial charge on any atom is -0.381 e. The van der Waals surface area contributed by atoms with Crippen LogP contribution in [0, 0.1) is 5.41 Å². The minimum atomic E-state index is 0.403. The maximum Gasteiger partial charge on any atom is 0.193 e. The van der Waals surface area contributed by atoms with E-state index >= 15 is 0 Å². The summed E-state index contributed by atoms with van der Waals surface area (Å²) < 4.78 is 5.64. The number of likely N-dealkylation sites (tertiary alicyclic amines) is 1. The highest BCUT2D eigenvalue weighted by atomic mass is 32.2. The number of nitrogens with zero attached hydrogens (tertiary/aromatic N) is 3. The first-order chi connectivity index (χ1) is 10.8. The summed E-state index contributed by atoms with van der Waals surface area (Å²) in [5.41, 5.74) is 0.403. The molecule has 1 atom stereocenters. The van der Waals surface area contributed by atoms with Gasteiger partial charge in [-0.3, -0.25) is 9.89 Å². The SMILES string of the molecule is CCNC(=NCCN1CCSCC1)N1CCC2(CCOC2)C1. The second kappa shape index (κ2) is 7.88. The Morgan fingerprint density at radius 2 is 2.14 bits per heavy atom. The van der Waals surface area contributed by atoms with Gasteiger partial charge in [-0.25, -0.2) is 0 Å². The molecule has 3 saturated heterocycles. The molecule has 0 aromatic carbocycles. The second-order valence-electron chi connectivity index (χ2n) is 6.66. The van der Waals surface area contributed by atoms with Crippen molar-refractivity contribution >= 4 is 17.7 Å². The number of hydrogen-bond acceptors (Lipinski definition) is 4. The van der Waals surface area contributed by atoms with E-state index in [1.165, 1.54) is 37.4 Å². The quantitative estimate of drug-likeness (QED) is 0.619. The molecule has 3 aliphatic rings. The molecular weight excluding hydrogens is 296 g/mol. The Morgan fingerprint density at radius 3 is 2.86 bits per heavy atom. The standard InChI is InChI=1S/C16H30N4OS/c1-2-17-15(18-5-7-19-8-11-22-12-9-19)20-6-3-16(13-20)4-10-21-14-16/h2-14H2,1H3,(H,17,18). The molecule has 3 fully saturated rings.